The highest BCUT2D eigenvalue weighted by molar-refractivity contribution is 5.92. The minimum absolute atomic E-state index is 0.163. The summed E-state index contributed by atoms with van der Waals surface area (Å²) in [7, 11) is 1.61. The van der Waals surface area contributed by atoms with Crippen LogP contribution < -0.4 is 5.48 Å². The standard InChI is InChI=1S/C22H27NO2/c1-24-23-14-7-15-25-22-19-13-6-11-16-10-5-12-18(20(16)19)21(22)17-8-3-2-4-9-17/h5-7,10-14,17,21-23H,2-4,8-9,15H2,1H3. The first-order chi connectivity index (χ1) is 12.4. The van der Waals surface area contributed by atoms with E-state index in [0.717, 1.165) is 5.92 Å². The smallest absolute Gasteiger partial charge is 0.0906 e. The van der Waals surface area contributed by atoms with Crippen molar-refractivity contribution in [2.45, 2.75) is 44.1 Å². The van der Waals surface area contributed by atoms with Crippen LogP contribution >= 0.6 is 0 Å². The third-order valence-electron chi connectivity index (χ3n) is 5.79. The molecule has 4 rings (SSSR count). The van der Waals surface area contributed by atoms with Crippen LogP contribution in [0.1, 0.15) is 55.3 Å². The maximum Gasteiger partial charge on any atom is 0.0906 e. The molecular weight excluding hydrogens is 310 g/mol. The highest BCUT2D eigenvalue weighted by atomic mass is 16.6. The van der Waals surface area contributed by atoms with Crippen LogP contribution in [0, 0.1) is 5.92 Å². The van der Waals surface area contributed by atoms with Crippen LogP contribution in [0.15, 0.2) is 48.7 Å². The van der Waals surface area contributed by atoms with Crippen LogP contribution in [0.2, 0.25) is 0 Å². The number of nitrogens with one attached hydrogen (secondary N) is 1. The van der Waals surface area contributed by atoms with E-state index in [1.807, 2.05) is 6.08 Å². The second-order valence-electron chi connectivity index (χ2n) is 7.19. The summed E-state index contributed by atoms with van der Waals surface area (Å²) in [6.45, 7) is 0.592. The summed E-state index contributed by atoms with van der Waals surface area (Å²) >= 11 is 0. The van der Waals surface area contributed by atoms with Crippen molar-refractivity contribution in [3.8, 4) is 0 Å². The largest absolute Gasteiger partial charge is 0.369 e. The Hall–Kier alpha value is -1.84. The molecule has 2 aliphatic carbocycles. The molecule has 0 aromatic heterocycles. The number of hydroxylamine groups is 1. The van der Waals surface area contributed by atoms with Crippen molar-refractivity contribution >= 4 is 10.8 Å². The van der Waals surface area contributed by atoms with Gasteiger partial charge in [-0.1, -0.05) is 55.7 Å². The molecule has 3 heteroatoms. The van der Waals surface area contributed by atoms with Gasteiger partial charge in [0, 0.05) is 12.1 Å². The lowest BCUT2D eigenvalue weighted by Crippen LogP contribution is -2.21. The van der Waals surface area contributed by atoms with Gasteiger partial charge in [-0.3, -0.25) is 10.3 Å². The molecule has 0 bridgehead atoms. The summed E-state index contributed by atoms with van der Waals surface area (Å²) < 4.78 is 6.41. The molecule has 1 fully saturated rings. The van der Waals surface area contributed by atoms with E-state index in [1.54, 1.807) is 13.3 Å². The zero-order valence-corrected chi connectivity index (χ0v) is 14.9. The fourth-order valence-electron chi connectivity index (χ4n) is 4.78. The average molecular weight is 337 g/mol. The summed E-state index contributed by atoms with van der Waals surface area (Å²) in [6, 6.07) is 13.4. The van der Waals surface area contributed by atoms with Gasteiger partial charge in [-0.15, -0.1) is 0 Å². The highest BCUT2D eigenvalue weighted by Gasteiger charge is 2.39. The Labute approximate surface area is 150 Å². The Bertz CT molecular complexity index is 744. The lowest BCUT2D eigenvalue weighted by Gasteiger charge is -2.32. The van der Waals surface area contributed by atoms with Crippen LogP contribution in [0.4, 0.5) is 0 Å². The van der Waals surface area contributed by atoms with Crippen LogP contribution in [0.25, 0.3) is 10.8 Å². The van der Waals surface area contributed by atoms with Crippen molar-refractivity contribution < 1.29 is 9.57 Å². The second-order valence-corrected chi connectivity index (χ2v) is 7.19. The summed E-state index contributed by atoms with van der Waals surface area (Å²) in [5.74, 6) is 1.23. The van der Waals surface area contributed by atoms with Gasteiger partial charge in [0.2, 0.25) is 0 Å². The molecule has 2 aromatic rings. The van der Waals surface area contributed by atoms with Crippen LogP contribution in [0.3, 0.4) is 0 Å². The number of rotatable bonds is 6. The minimum Gasteiger partial charge on any atom is -0.369 e. The SMILES string of the molecule is CONC=CCOC1c2cccc3cccc(c23)C1C1CCCCC1. The number of hydrogen-bond acceptors (Lipinski definition) is 3. The maximum atomic E-state index is 6.41. The van der Waals surface area contributed by atoms with E-state index in [1.165, 1.54) is 54.0 Å². The summed E-state index contributed by atoms with van der Waals surface area (Å²) in [6.07, 6.45) is 10.7. The van der Waals surface area contributed by atoms with Gasteiger partial charge in [0.25, 0.3) is 0 Å². The molecule has 2 unspecified atom stereocenters. The molecule has 25 heavy (non-hydrogen) atoms. The van der Waals surface area contributed by atoms with Crippen molar-refractivity contribution in [2.24, 2.45) is 5.92 Å². The van der Waals surface area contributed by atoms with Crippen molar-refractivity contribution in [1.82, 2.24) is 5.48 Å². The molecule has 2 aromatic carbocycles. The van der Waals surface area contributed by atoms with E-state index in [-0.39, 0.29) is 6.10 Å². The Morgan fingerprint density at radius 1 is 1.04 bits per heavy atom. The van der Waals surface area contributed by atoms with Gasteiger partial charge >= 0.3 is 0 Å². The van der Waals surface area contributed by atoms with Gasteiger partial charge in [-0.2, -0.15) is 0 Å². The normalized spacial score (nSPS) is 23.6. The molecule has 0 spiro atoms. The Morgan fingerprint density at radius 2 is 1.80 bits per heavy atom. The quantitative estimate of drug-likeness (QED) is 0.731. The van der Waals surface area contributed by atoms with Crippen LogP contribution in [-0.4, -0.2) is 13.7 Å². The maximum absolute atomic E-state index is 6.41. The van der Waals surface area contributed by atoms with Crippen molar-refractivity contribution in [3.05, 3.63) is 59.8 Å². The number of ether oxygens (including phenoxy) is 1. The number of benzene rings is 2. The molecule has 0 aliphatic heterocycles. The topological polar surface area (TPSA) is 30.5 Å². The molecule has 2 aliphatic rings. The lowest BCUT2D eigenvalue weighted by molar-refractivity contribution is 0.0339. The zero-order chi connectivity index (χ0) is 17.1. The van der Waals surface area contributed by atoms with Gasteiger partial charge in [0.05, 0.1) is 19.8 Å². The van der Waals surface area contributed by atoms with Crippen molar-refractivity contribution in [3.63, 3.8) is 0 Å². The summed E-state index contributed by atoms with van der Waals surface area (Å²) in [4.78, 5) is 4.84. The molecule has 132 valence electrons. The van der Waals surface area contributed by atoms with E-state index >= 15 is 0 Å². The predicted molar refractivity (Wildman–Crippen MR) is 101 cm³/mol. The first-order valence-electron chi connectivity index (χ1n) is 9.47. The molecule has 0 heterocycles. The molecular formula is C22H27NO2. The van der Waals surface area contributed by atoms with Gasteiger partial charge in [0.1, 0.15) is 0 Å². The summed E-state index contributed by atoms with van der Waals surface area (Å²) in [5.41, 5.74) is 5.60. The molecule has 3 nitrogen and oxygen atoms in total. The average Bonchev–Trinajstić information content (AvgIpc) is 2.98. The van der Waals surface area contributed by atoms with Crippen LogP contribution in [-0.2, 0) is 9.57 Å². The zero-order valence-electron chi connectivity index (χ0n) is 14.9. The Balaban J connectivity index is 1.66. The van der Waals surface area contributed by atoms with Crippen molar-refractivity contribution in [1.29, 1.82) is 0 Å². The minimum atomic E-state index is 0.163. The van der Waals surface area contributed by atoms with Crippen molar-refractivity contribution in [2.75, 3.05) is 13.7 Å². The third kappa shape index (κ3) is 3.19. The molecule has 0 saturated heterocycles. The second kappa shape index (κ2) is 7.59. The van der Waals surface area contributed by atoms with E-state index in [4.69, 9.17) is 9.57 Å². The highest BCUT2D eigenvalue weighted by Crippen LogP contribution is 2.53. The first-order valence-corrected chi connectivity index (χ1v) is 9.47. The molecule has 2 atom stereocenters. The third-order valence-corrected chi connectivity index (χ3v) is 5.79. The van der Waals surface area contributed by atoms with Gasteiger partial charge < -0.3 is 4.74 Å². The van der Waals surface area contributed by atoms with E-state index in [2.05, 4.69) is 41.9 Å². The molecule has 0 amide bonds. The van der Waals surface area contributed by atoms with E-state index in [0.29, 0.717) is 12.5 Å². The van der Waals surface area contributed by atoms with Gasteiger partial charge in [-0.25, -0.2) is 0 Å². The van der Waals surface area contributed by atoms with Gasteiger partial charge in [0.15, 0.2) is 0 Å². The Morgan fingerprint density at radius 3 is 2.56 bits per heavy atom. The Kier molecular flexibility index (Phi) is 5.04. The predicted octanol–water partition coefficient (Wildman–Crippen LogP) is 5.24. The monoisotopic (exact) mass is 337 g/mol. The van der Waals surface area contributed by atoms with E-state index in [9.17, 15) is 0 Å². The molecule has 1 N–H and O–H groups in total. The first kappa shape index (κ1) is 16.6. The molecule has 1 saturated carbocycles. The fraction of sp³-hybridized carbons (Fsp3) is 0.455. The number of hydrogen-bond donors (Lipinski definition) is 1. The van der Waals surface area contributed by atoms with E-state index < -0.39 is 0 Å². The summed E-state index contributed by atoms with van der Waals surface area (Å²) in [5, 5.41) is 2.78. The molecule has 0 radical (unpaired) electrons. The fourth-order valence-corrected chi connectivity index (χ4v) is 4.78. The van der Waals surface area contributed by atoms with Crippen LogP contribution in [0.5, 0.6) is 0 Å². The van der Waals surface area contributed by atoms with Gasteiger partial charge in [-0.05, 0) is 46.7 Å². The lowest BCUT2D eigenvalue weighted by atomic mass is 9.76.